The van der Waals surface area contributed by atoms with Crippen molar-refractivity contribution in [2.24, 2.45) is 0 Å². The fraction of sp³-hybridized carbons (Fsp3) is 0.462. The minimum Gasteiger partial charge on any atom is -0.456 e. The van der Waals surface area contributed by atoms with Gasteiger partial charge in [-0.2, -0.15) is 0 Å². The molecule has 0 N–H and O–H groups in total. The van der Waals surface area contributed by atoms with E-state index in [1.807, 2.05) is 32.9 Å². The minimum absolute atomic E-state index is 0.226. The van der Waals surface area contributed by atoms with Gasteiger partial charge < -0.3 is 4.74 Å². The number of rotatable bonds is 1. The number of ether oxygens (including phenoxy) is 1. The van der Waals surface area contributed by atoms with E-state index in [9.17, 15) is 4.79 Å². The summed E-state index contributed by atoms with van der Waals surface area (Å²) in [5, 5.41) is 0. The molecule has 0 saturated heterocycles. The summed E-state index contributed by atoms with van der Waals surface area (Å²) in [6, 6.07) is 3.78. The zero-order valence-corrected chi connectivity index (χ0v) is 12.6. The van der Waals surface area contributed by atoms with E-state index in [-0.39, 0.29) is 5.97 Å². The van der Waals surface area contributed by atoms with Crippen LogP contribution in [0.1, 0.15) is 36.7 Å². The fourth-order valence-corrected chi connectivity index (χ4v) is 3.61. The number of benzene rings is 1. The summed E-state index contributed by atoms with van der Waals surface area (Å²) >= 11 is 5.26. The van der Waals surface area contributed by atoms with Crippen LogP contribution in [-0.4, -0.2) is 17.3 Å². The lowest BCUT2D eigenvalue weighted by Crippen LogP contribution is -2.24. The Labute approximate surface area is 114 Å². The van der Waals surface area contributed by atoms with Crippen molar-refractivity contribution in [1.82, 2.24) is 0 Å². The second-order valence-corrected chi connectivity index (χ2v) is 6.96. The molecule has 0 fully saturated rings. The van der Waals surface area contributed by atoms with Gasteiger partial charge in [0.1, 0.15) is 5.60 Å². The van der Waals surface area contributed by atoms with Gasteiger partial charge in [0.25, 0.3) is 0 Å². The van der Waals surface area contributed by atoms with E-state index in [1.165, 1.54) is 5.56 Å². The van der Waals surface area contributed by atoms with Crippen LogP contribution in [0.25, 0.3) is 0 Å². The van der Waals surface area contributed by atoms with E-state index in [0.29, 0.717) is 5.56 Å². The Morgan fingerprint density at radius 3 is 2.76 bits per heavy atom. The molecule has 0 aromatic heterocycles. The monoisotopic (exact) mass is 314 g/mol. The average molecular weight is 315 g/mol. The first-order valence-electron chi connectivity index (χ1n) is 5.56. The van der Waals surface area contributed by atoms with E-state index in [1.54, 1.807) is 11.8 Å². The summed E-state index contributed by atoms with van der Waals surface area (Å²) in [6.07, 6.45) is 1.01. The van der Waals surface area contributed by atoms with Crippen molar-refractivity contribution in [3.63, 3.8) is 0 Å². The first-order valence-corrected chi connectivity index (χ1v) is 7.34. The van der Waals surface area contributed by atoms with Crippen LogP contribution in [0.4, 0.5) is 0 Å². The van der Waals surface area contributed by atoms with Crippen molar-refractivity contribution in [2.45, 2.75) is 37.7 Å². The van der Waals surface area contributed by atoms with Crippen LogP contribution < -0.4 is 0 Å². The molecule has 2 nitrogen and oxygen atoms in total. The van der Waals surface area contributed by atoms with Gasteiger partial charge in [-0.05, 0) is 44.9 Å². The first kappa shape index (κ1) is 13.0. The number of hydrogen-bond acceptors (Lipinski definition) is 3. The Morgan fingerprint density at radius 2 is 2.12 bits per heavy atom. The molecule has 4 heteroatoms. The molecule has 0 unspecified atom stereocenters. The van der Waals surface area contributed by atoms with Crippen LogP contribution in [0, 0.1) is 0 Å². The Balaban J connectivity index is 2.34. The highest BCUT2D eigenvalue weighted by Gasteiger charge is 2.25. The maximum atomic E-state index is 12.1. The molecule has 1 aliphatic rings. The van der Waals surface area contributed by atoms with Gasteiger partial charge in [0.2, 0.25) is 0 Å². The van der Waals surface area contributed by atoms with Crippen LogP contribution in [0.3, 0.4) is 0 Å². The molecule has 92 valence electrons. The molecular formula is C13H15BrO2S. The number of carbonyl (C=O) groups excluding carboxylic acids is 1. The molecule has 0 amide bonds. The van der Waals surface area contributed by atoms with Gasteiger partial charge in [0, 0.05) is 15.1 Å². The first-order chi connectivity index (χ1) is 7.88. The van der Waals surface area contributed by atoms with Crippen molar-refractivity contribution in [3.05, 3.63) is 27.7 Å². The molecule has 0 saturated carbocycles. The second kappa shape index (κ2) is 4.65. The fourth-order valence-electron chi connectivity index (χ4n) is 1.75. The third kappa shape index (κ3) is 2.86. The van der Waals surface area contributed by atoms with Crippen LogP contribution in [-0.2, 0) is 11.2 Å². The molecule has 0 radical (unpaired) electrons. The average Bonchev–Trinajstić information content (AvgIpc) is 2.64. The van der Waals surface area contributed by atoms with E-state index in [4.69, 9.17) is 4.74 Å². The van der Waals surface area contributed by atoms with E-state index >= 15 is 0 Å². The van der Waals surface area contributed by atoms with Crippen LogP contribution in [0.2, 0.25) is 0 Å². The lowest BCUT2D eigenvalue weighted by Gasteiger charge is -2.20. The quantitative estimate of drug-likeness (QED) is 0.731. The molecule has 1 aliphatic heterocycles. The third-order valence-electron chi connectivity index (χ3n) is 2.42. The predicted molar refractivity (Wildman–Crippen MR) is 73.7 cm³/mol. The highest BCUT2D eigenvalue weighted by Crippen LogP contribution is 2.39. The second-order valence-electron chi connectivity index (χ2n) is 5.00. The molecule has 2 rings (SSSR count). The summed E-state index contributed by atoms with van der Waals surface area (Å²) < 4.78 is 6.51. The van der Waals surface area contributed by atoms with E-state index in [0.717, 1.165) is 21.5 Å². The number of fused-ring (bicyclic) bond motifs is 1. The van der Waals surface area contributed by atoms with E-state index < -0.39 is 5.60 Å². The van der Waals surface area contributed by atoms with Crippen molar-refractivity contribution >= 4 is 33.7 Å². The minimum atomic E-state index is -0.444. The smallest absolute Gasteiger partial charge is 0.339 e. The van der Waals surface area contributed by atoms with Gasteiger partial charge in [0.15, 0.2) is 0 Å². The summed E-state index contributed by atoms with van der Waals surface area (Å²) in [4.78, 5) is 13.2. The zero-order valence-electron chi connectivity index (χ0n) is 10.2. The van der Waals surface area contributed by atoms with Crippen molar-refractivity contribution in [2.75, 3.05) is 5.75 Å². The lowest BCUT2D eigenvalue weighted by atomic mass is 10.1. The van der Waals surface area contributed by atoms with Crippen molar-refractivity contribution in [3.8, 4) is 0 Å². The molecule has 0 bridgehead atoms. The summed E-state index contributed by atoms with van der Waals surface area (Å²) in [6.45, 7) is 5.66. The molecule has 1 heterocycles. The Morgan fingerprint density at radius 1 is 1.41 bits per heavy atom. The number of halogens is 1. The molecule has 0 spiro atoms. The highest BCUT2D eigenvalue weighted by molar-refractivity contribution is 9.10. The van der Waals surface area contributed by atoms with Gasteiger partial charge in [0.05, 0.1) is 5.56 Å². The van der Waals surface area contributed by atoms with Crippen LogP contribution in [0.5, 0.6) is 0 Å². The number of thioether (sulfide) groups is 1. The zero-order chi connectivity index (χ0) is 12.6. The molecule has 0 aliphatic carbocycles. The number of esters is 1. The van der Waals surface area contributed by atoms with Crippen molar-refractivity contribution < 1.29 is 9.53 Å². The maximum Gasteiger partial charge on any atom is 0.339 e. The number of hydrogen-bond donors (Lipinski definition) is 0. The van der Waals surface area contributed by atoms with Gasteiger partial charge >= 0.3 is 5.97 Å². The summed E-state index contributed by atoms with van der Waals surface area (Å²) in [5.74, 6) is 0.809. The van der Waals surface area contributed by atoms with Gasteiger partial charge in [-0.15, -0.1) is 11.8 Å². The third-order valence-corrected chi connectivity index (χ3v) is 4.33. The Hall–Kier alpha value is -0.480. The summed E-state index contributed by atoms with van der Waals surface area (Å²) in [5.41, 5.74) is 1.49. The standard InChI is InChI=1S/C13H15BrO2S/c1-13(2,3)16-12(15)9-4-5-10(14)8-6-7-17-11(8)9/h4-5H,6-7H2,1-3H3. The largest absolute Gasteiger partial charge is 0.456 e. The molecular weight excluding hydrogens is 300 g/mol. The highest BCUT2D eigenvalue weighted by atomic mass is 79.9. The molecule has 17 heavy (non-hydrogen) atoms. The summed E-state index contributed by atoms with van der Waals surface area (Å²) in [7, 11) is 0. The van der Waals surface area contributed by atoms with Crippen molar-refractivity contribution in [1.29, 1.82) is 0 Å². The normalized spacial score (nSPS) is 14.6. The predicted octanol–water partition coefficient (Wildman–Crippen LogP) is 4.05. The van der Waals surface area contributed by atoms with Crippen LogP contribution >= 0.6 is 27.7 Å². The Kier molecular flexibility index (Phi) is 3.55. The SMILES string of the molecule is CC(C)(C)OC(=O)c1ccc(Br)c2c1SCC2. The van der Waals surface area contributed by atoms with Gasteiger partial charge in [-0.3, -0.25) is 0 Å². The topological polar surface area (TPSA) is 26.3 Å². The molecule has 1 aromatic carbocycles. The van der Waals surface area contributed by atoms with Gasteiger partial charge in [-0.25, -0.2) is 4.79 Å². The number of carbonyl (C=O) groups is 1. The van der Waals surface area contributed by atoms with E-state index in [2.05, 4.69) is 15.9 Å². The maximum absolute atomic E-state index is 12.1. The lowest BCUT2D eigenvalue weighted by molar-refractivity contribution is 0.00655. The van der Waals surface area contributed by atoms with Crippen LogP contribution in [0.15, 0.2) is 21.5 Å². The van der Waals surface area contributed by atoms with Gasteiger partial charge in [-0.1, -0.05) is 15.9 Å². The Bertz CT molecular complexity index is 463. The molecule has 0 atom stereocenters. The molecule has 1 aromatic rings.